The minimum Gasteiger partial charge on any atom is -0.478 e. The SMILES string of the molecule is CCCc1ccccc1C(=O)N1C[C@H](Oc2nccn3ccnc23)CC[C@H]1C.CCCc1ccccc1C(=O)O.C[C@@H]1CC[C@@H](Oc2nccn3ccnc23)CN1.Cl.Cl. The van der Waals surface area contributed by atoms with Crippen LogP contribution in [0.4, 0.5) is 0 Å². The highest BCUT2D eigenvalue weighted by Crippen LogP contribution is 2.26. The van der Waals surface area contributed by atoms with Gasteiger partial charge in [0.25, 0.3) is 17.7 Å². The van der Waals surface area contributed by atoms with Crippen LogP contribution >= 0.6 is 24.8 Å². The molecule has 4 atom stereocenters. The molecule has 8 rings (SSSR count). The molecule has 4 aromatic heterocycles. The third kappa shape index (κ3) is 12.2. The lowest BCUT2D eigenvalue weighted by molar-refractivity contribution is 0.0374. The molecule has 0 bridgehead atoms. The molecule has 59 heavy (non-hydrogen) atoms. The number of nitrogens with zero attached hydrogens (tertiary/aromatic N) is 7. The number of carboxylic acids is 1. The molecule has 2 aromatic carbocycles. The molecule has 0 spiro atoms. The topological polar surface area (TPSA) is 148 Å². The predicted octanol–water partition coefficient (Wildman–Crippen LogP) is 8.18. The number of amides is 1. The summed E-state index contributed by atoms with van der Waals surface area (Å²) in [5.74, 6) is 0.403. The maximum atomic E-state index is 13.3. The van der Waals surface area contributed by atoms with Gasteiger partial charge in [0.05, 0.1) is 12.1 Å². The summed E-state index contributed by atoms with van der Waals surface area (Å²) in [7, 11) is 0. The molecular formula is C44H56Cl2N8O5. The van der Waals surface area contributed by atoms with Crippen LogP contribution in [0.15, 0.2) is 98.1 Å². The van der Waals surface area contributed by atoms with Crippen molar-refractivity contribution in [3.05, 3.63) is 120 Å². The molecule has 0 radical (unpaired) electrons. The molecule has 0 aliphatic carbocycles. The third-order valence-electron chi connectivity index (χ3n) is 10.4. The summed E-state index contributed by atoms with van der Waals surface area (Å²) in [6.45, 7) is 9.93. The Kier molecular flexibility index (Phi) is 17.9. The Balaban J connectivity index is 0.000000212. The Hall–Kier alpha value is -5.24. The van der Waals surface area contributed by atoms with E-state index in [1.54, 1.807) is 36.9 Å². The van der Waals surface area contributed by atoms with Crippen molar-refractivity contribution in [3.8, 4) is 11.8 Å². The monoisotopic (exact) mass is 846 g/mol. The first kappa shape index (κ1) is 46.4. The Morgan fingerprint density at radius 3 is 1.71 bits per heavy atom. The largest absolute Gasteiger partial charge is 0.478 e. The quantitative estimate of drug-likeness (QED) is 0.138. The minimum atomic E-state index is -0.834. The van der Waals surface area contributed by atoms with E-state index in [0.717, 1.165) is 80.2 Å². The Labute approximate surface area is 358 Å². The van der Waals surface area contributed by atoms with Crippen molar-refractivity contribution in [2.75, 3.05) is 13.1 Å². The number of benzene rings is 2. The average Bonchev–Trinajstić information content (AvgIpc) is 3.92. The van der Waals surface area contributed by atoms with Crippen LogP contribution in [0.1, 0.15) is 98.1 Å². The van der Waals surface area contributed by atoms with Crippen LogP contribution < -0.4 is 14.8 Å². The van der Waals surface area contributed by atoms with Gasteiger partial charge in [0, 0.05) is 73.8 Å². The van der Waals surface area contributed by atoms with E-state index in [9.17, 15) is 9.59 Å². The number of hydrogen-bond donors (Lipinski definition) is 2. The first-order valence-corrected chi connectivity index (χ1v) is 20.1. The molecule has 0 unspecified atom stereocenters. The van der Waals surface area contributed by atoms with Crippen molar-refractivity contribution in [3.63, 3.8) is 0 Å². The zero-order valence-electron chi connectivity index (χ0n) is 34.1. The number of carboxylic acid groups (broad SMARTS) is 1. The molecule has 2 aliphatic rings. The second kappa shape index (κ2) is 22.8. The van der Waals surface area contributed by atoms with Crippen molar-refractivity contribution >= 4 is 48.0 Å². The highest BCUT2D eigenvalue weighted by molar-refractivity contribution is 5.96. The Bertz CT molecular complexity index is 2220. The van der Waals surface area contributed by atoms with Crippen molar-refractivity contribution in [1.29, 1.82) is 0 Å². The molecule has 0 saturated carbocycles. The summed E-state index contributed by atoms with van der Waals surface area (Å²) in [4.78, 5) is 43.2. The van der Waals surface area contributed by atoms with Crippen LogP contribution in [-0.4, -0.2) is 88.0 Å². The molecule has 6 heterocycles. The number of hydrogen-bond acceptors (Lipinski definition) is 9. The number of aromatic carboxylic acids is 1. The summed E-state index contributed by atoms with van der Waals surface area (Å²) in [5, 5.41) is 12.2. The number of nitrogens with one attached hydrogen (secondary N) is 1. The Morgan fingerprint density at radius 2 is 1.19 bits per heavy atom. The van der Waals surface area contributed by atoms with E-state index in [1.165, 1.54) is 0 Å². The van der Waals surface area contributed by atoms with E-state index in [2.05, 4.69) is 52.1 Å². The number of fused-ring (bicyclic) bond motifs is 2. The van der Waals surface area contributed by atoms with Crippen LogP contribution in [0, 0.1) is 0 Å². The number of rotatable bonds is 10. The normalized spacial score (nSPS) is 18.5. The summed E-state index contributed by atoms with van der Waals surface area (Å²) >= 11 is 0. The van der Waals surface area contributed by atoms with E-state index in [1.807, 2.05) is 75.7 Å². The number of halogens is 2. The van der Waals surface area contributed by atoms with E-state index in [0.29, 0.717) is 35.6 Å². The molecule has 2 saturated heterocycles. The number of piperidine rings is 2. The van der Waals surface area contributed by atoms with E-state index >= 15 is 0 Å². The number of likely N-dealkylation sites (tertiary alicyclic amines) is 1. The Morgan fingerprint density at radius 1 is 0.695 bits per heavy atom. The maximum Gasteiger partial charge on any atom is 0.335 e. The lowest BCUT2D eigenvalue weighted by atomic mass is 9.97. The van der Waals surface area contributed by atoms with Crippen molar-refractivity contribution in [1.82, 2.24) is 39.0 Å². The van der Waals surface area contributed by atoms with E-state index < -0.39 is 5.97 Å². The van der Waals surface area contributed by atoms with Crippen LogP contribution in [0.3, 0.4) is 0 Å². The van der Waals surface area contributed by atoms with Gasteiger partial charge in [-0.3, -0.25) is 4.79 Å². The fourth-order valence-corrected chi connectivity index (χ4v) is 7.25. The van der Waals surface area contributed by atoms with Crippen LogP contribution in [0.2, 0.25) is 0 Å². The molecule has 13 nitrogen and oxygen atoms in total. The molecule has 6 aromatic rings. The second-order valence-electron chi connectivity index (χ2n) is 14.7. The molecule has 1 amide bonds. The number of aromatic nitrogens is 6. The van der Waals surface area contributed by atoms with E-state index in [-0.39, 0.29) is 49.0 Å². The molecule has 15 heteroatoms. The predicted molar refractivity (Wildman–Crippen MR) is 234 cm³/mol. The van der Waals surface area contributed by atoms with Crippen molar-refractivity contribution in [2.45, 2.75) is 103 Å². The van der Waals surface area contributed by atoms with Gasteiger partial charge in [0.15, 0.2) is 11.3 Å². The number of carbonyl (C=O) groups excluding carboxylic acids is 1. The van der Waals surface area contributed by atoms with Gasteiger partial charge < -0.3 is 33.6 Å². The minimum absolute atomic E-state index is 0. The smallest absolute Gasteiger partial charge is 0.335 e. The number of carbonyl (C=O) groups is 2. The summed E-state index contributed by atoms with van der Waals surface area (Å²) < 4.78 is 15.9. The molecule has 2 fully saturated rings. The fourth-order valence-electron chi connectivity index (χ4n) is 7.25. The fraction of sp³-hybridized carbons (Fsp3) is 0.409. The summed E-state index contributed by atoms with van der Waals surface area (Å²) in [6.07, 6.45) is 22.3. The van der Waals surface area contributed by atoms with E-state index in [4.69, 9.17) is 14.6 Å². The summed E-state index contributed by atoms with van der Waals surface area (Å²) in [6, 6.07) is 15.9. The number of ether oxygens (including phenoxy) is 2. The standard InChI is InChI=1S/C22H26N4O2.C12H16N4O.C10H12O2.2ClH/c1-3-6-17-7-4-5-8-19(17)22(27)26-15-18(10-9-16(26)2)28-21-20-23-11-13-25(20)14-12-24-21;1-9-2-3-10(8-15-9)17-12-11-13-4-6-16(11)7-5-14-12;1-2-5-8-6-3-4-7-9(8)10(11)12;;/h4-5,7-8,11-14,16,18H,3,6,9-10,15H2,1-2H3;4-7,9-10,15H,2-3,8H2,1H3;3-4,6-7H,2,5H2,1H3,(H,11,12);2*1H/t16-,18-;9-,10-;;;/m11.../s1. The second-order valence-corrected chi connectivity index (χ2v) is 14.7. The average molecular weight is 848 g/mol. The molecule has 2 N–H and O–H groups in total. The molecular weight excluding hydrogens is 791 g/mol. The highest BCUT2D eigenvalue weighted by Gasteiger charge is 2.32. The lowest BCUT2D eigenvalue weighted by Gasteiger charge is -2.38. The third-order valence-corrected chi connectivity index (χ3v) is 10.4. The van der Waals surface area contributed by atoms with Gasteiger partial charge in [-0.15, -0.1) is 24.8 Å². The van der Waals surface area contributed by atoms with Gasteiger partial charge in [0.1, 0.15) is 12.2 Å². The number of imidazole rings is 2. The van der Waals surface area contributed by atoms with Gasteiger partial charge in [-0.2, -0.15) is 0 Å². The highest BCUT2D eigenvalue weighted by atomic mass is 35.5. The molecule has 316 valence electrons. The van der Waals surface area contributed by atoms with Gasteiger partial charge in [-0.25, -0.2) is 24.7 Å². The first-order chi connectivity index (χ1) is 27.7. The zero-order chi connectivity index (χ0) is 40.1. The lowest BCUT2D eigenvalue weighted by Crippen LogP contribution is -2.49. The maximum absolute atomic E-state index is 13.3. The van der Waals surface area contributed by atoms with Crippen molar-refractivity contribution < 1.29 is 24.2 Å². The van der Waals surface area contributed by atoms with Crippen LogP contribution in [0.5, 0.6) is 11.8 Å². The van der Waals surface area contributed by atoms with Crippen LogP contribution in [0.25, 0.3) is 11.3 Å². The summed E-state index contributed by atoms with van der Waals surface area (Å²) in [5.41, 5.74) is 4.77. The first-order valence-electron chi connectivity index (χ1n) is 20.1. The van der Waals surface area contributed by atoms with Gasteiger partial charge in [-0.1, -0.05) is 63.1 Å². The number of aryl methyl sites for hydroxylation is 2. The zero-order valence-corrected chi connectivity index (χ0v) is 35.8. The van der Waals surface area contributed by atoms with Gasteiger partial charge in [-0.05, 0) is 75.6 Å². The van der Waals surface area contributed by atoms with Gasteiger partial charge >= 0.3 is 5.97 Å². The van der Waals surface area contributed by atoms with Gasteiger partial charge in [0.2, 0.25) is 0 Å². The van der Waals surface area contributed by atoms with Crippen molar-refractivity contribution in [2.24, 2.45) is 0 Å². The van der Waals surface area contributed by atoms with Crippen LogP contribution in [-0.2, 0) is 12.8 Å². The molecule has 2 aliphatic heterocycles.